The number of halogens is 1. The summed E-state index contributed by atoms with van der Waals surface area (Å²) >= 11 is 5.86. The van der Waals surface area contributed by atoms with Crippen LogP contribution in [0.2, 0.25) is 5.02 Å². The van der Waals surface area contributed by atoms with Crippen molar-refractivity contribution in [1.82, 2.24) is 14.3 Å². The molecule has 3 aromatic rings. The van der Waals surface area contributed by atoms with Crippen LogP contribution in [0.5, 0.6) is 5.75 Å². The lowest BCUT2D eigenvalue weighted by Gasteiger charge is -2.22. The van der Waals surface area contributed by atoms with Gasteiger partial charge in [0.15, 0.2) is 6.61 Å². The van der Waals surface area contributed by atoms with E-state index in [-0.39, 0.29) is 12.5 Å². The molecule has 5 nitrogen and oxygen atoms in total. The average molecular weight is 356 g/mol. The van der Waals surface area contributed by atoms with Crippen molar-refractivity contribution in [3.8, 4) is 5.75 Å². The van der Waals surface area contributed by atoms with Gasteiger partial charge in [-0.25, -0.2) is 4.98 Å². The van der Waals surface area contributed by atoms with Crippen LogP contribution in [0.1, 0.15) is 18.5 Å². The minimum absolute atomic E-state index is 0.0108. The molecule has 1 amide bonds. The largest absolute Gasteiger partial charge is 0.484 e. The smallest absolute Gasteiger partial charge is 0.261 e. The summed E-state index contributed by atoms with van der Waals surface area (Å²) in [5.74, 6) is 0.631. The fourth-order valence-electron chi connectivity index (χ4n) is 2.84. The zero-order valence-corrected chi connectivity index (χ0v) is 14.4. The molecule has 2 aromatic heterocycles. The topological polar surface area (TPSA) is 46.8 Å². The van der Waals surface area contributed by atoms with Gasteiger partial charge in [0.05, 0.1) is 18.4 Å². The van der Waals surface area contributed by atoms with Gasteiger partial charge in [0.1, 0.15) is 11.4 Å². The molecule has 0 unspecified atom stereocenters. The highest BCUT2D eigenvalue weighted by Crippen LogP contribution is 2.29. The van der Waals surface area contributed by atoms with Crippen molar-refractivity contribution in [3.05, 3.63) is 65.6 Å². The molecule has 6 heteroatoms. The number of hydrogen-bond acceptors (Lipinski definition) is 3. The second-order valence-corrected chi connectivity index (χ2v) is 6.61. The Morgan fingerprint density at radius 2 is 2.04 bits per heavy atom. The molecule has 1 fully saturated rings. The average Bonchev–Trinajstić information content (AvgIpc) is 3.39. The highest BCUT2D eigenvalue weighted by atomic mass is 35.5. The van der Waals surface area contributed by atoms with Crippen LogP contribution in [0, 0.1) is 0 Å². The van der Waals surface area contributed by atoms with E-state index in [0.717, 1.165) is 24.2 Å². The van der Waals surface area contributed by atoms with E-state index in [1.54, 1.807) is 24.3 Å². The third-order valence-corrected chi connectivity index (χ3v) is 4.56. The van der Waals surface area contributed by atoms with Gasteiger partial charge in [0, 0.05) is 17.3 Å². The van der Waals surface area contributed by atoms with Crippen molar-refractivity contribution in [2.75, 3.05) is 6.61 Å². The molecule has 0 saturated heterocycles. The number of amides is 1. The minimum Gasteiger partial charge on any atom is -0.484 e. The van der Waals surface area contributed by atoms with Crippen molar-refractivity contribution in [1.29, 1.82) is 0 Å². The van der Waals surface area contributed by atoms with Crippen LogP contribution in [-0.2, 0) is 11.3 Å². The van der Waals surface area contributed by atoms with Gasteiger partial charge < -0.3 is 14.0 Å². The summed E-state index contributed by atoms with van der Waals surface area (Å²) in [6.07, 6.45) is 5.89. The number of ether oxygens (including phenoxy) is 1. The van der Waals surface area contributed by atoms with Gasteiger partial charge in [-0.05, 0) is 49.2 Å². The molecule has 2 heterocycles. The number of aromatic nitrogens is 2. The summed E-state index contributed by atoms with van der Waals surface area (Å²) in [4.78, 5) is 19.0. The summed E-state index contributed by atoms with van der Waals surface area (Å²) in [7, 11) is 0. The zero-order valence-electron chi connectivity index (χ0n) is 13.6. The Hall–Kier alpha value is -2.53. The Balaban J connectivity index is 1.45. The summed E-state index contributed by atoms with van der Waals surface area (Å²) in [6, 6.07) is 13.2. The molecule has 1 aliphatic carbocycles. The van der Waals surface area contributed by atoms with Crippen molar-refractivity contribution >= 4 is 23.2 Å². The van der Waals surface area contributed by atoms with E-state index in [2.05, 4.69) is 4.98 Å². The molecule has 0 bridgehead atoms. The molecule has 0 spiro atoms. The second kappa shape index (κ2) is 6.76. The first-order valence-electron chi connectivity index (χ1n) is 8.29. The van der Waals surface area contributed by atoms with Crippen LogP contribution in [0.25, 0.3) is 5.65 Å². The Bertz CT molecular complexity index is 887. The quantitative estimate of drug-likeness (QED) is 0.679. The maximum atomic E-state index is 12.7. The molecule has 0 radical (unpaired) electrons. The van der Waals surface area contributed by atoms with Crippen molar-refractivity contribution < 1.29 is 9.53 Å². The van der Waals surface area contributed by atoms with Gasteiger partial charge in [0.2, 0.25) is 0 Å². The second-order valence-electron chi connectivity index (χ2n) is 6.17. The predicted octanol–water partition coefficient (Wildman–Crippen LogP) is 3.56. The third-order valence-electron chi connectivity index (χ3n) is 4.31. The van der Waals surface area contributed by atoms with Crippen LogP contribution in [0.3, 0.4) is 0 Å². The van der Waals surface area contributed by atoms with E-state index in [9.17, 15) is 4.79 Å². The summed E-state index contributed by atoms with van der Waals surface area (Å²) < 4.78 is 7.63. The summed E-state index contributed by atoms with van der Waals surface area (Å²) in [6.45, 7) is 0.563. The lowest BCUT2D eigenvalue weighted by Crippen LogP contribution is -2.36. The molecule has 25 heavy (non-hydrogen) atoms. The lowest BCUT2D eigenvalue weighted by atomic mass is 10.3. The van der Waals surface area contributed by atoms with E-state index in [0.29, 0.717) is 23.4 Å². The lowest BCUT2D eigenvalue weighted by molar-refractivity contribution is -0.134. The third kappa shape index (κ3) is 3.61. The maximum absolute atomic E-state index is 12.7. The van der Waals surface area contributed by atoms with Crippen LogP contribution >= 0.6 is 11.6 Å². The SMILES string of the molecule is O=C(COc1ccc(Cl)cc1)N(Cc1cnc2ccccn12)C1CC1. The molecule has 4 rings (SSSR count). The number of rotatable bonds is 6. The monoisotopic (exact) mass is 355 g/mol. The van der Waals surface area contributed by atoms with Crippen LogP contribution in [0.15, 0.2) is 54.9 Å². The van der Waals surface area contributed by atoms with Crippen LogP contribution in [0.4, 0.5) is 0 Å². The van der Waals surface area contributed by atoms with Crippen molar-refractivity contribution in [2.45, 2.75) is 25.4 Å². The number of benzene rings is 1. The first-order chi connectivity index (χ1) is 12.2. The van der Waals surface area contributed by atoms with E-state index in [1.165, 1.54) is 0 Å². The van der Waals surface area contributed by atoms with Crippen LogP contribution < -0.4 is 4.74 Å². The number of hydrogen-bond donors (Lipinski definition) is 0. The van der Waals surface area contributed by atoms with Gasteiger partial charge in [-0.3, -0.25) is 4.79 Å². The van der Waals surface area contributed by atoms with Gasteiger partial charge in [0.25, 0.3) is 5.91 Å². The van der Waals surface area contributed by atoms with Crippen molar-refractivity contribution in [3.63, 3.8) is 0 Å². The number of imidazole rings is 1. The van der Waals surface area contributed by atoms with Gasteiger partial charge in [-0.15, -0.1) is 0 Å². The summed E-state index contributed by atoms with van der Waals surface area (Å²) in [5.41, 5.74) is 1.89. The number of pyridine rings is 1. The van der Waals surface area contributed by atoms with E-state index in [4.69, 9.17) is 16.3 Å². The van der Waals surface area contributed by atoms with Crippen molar-refractivity contribution in [2.24, 2.45) is 0 Å². The van der Waals surface area contributed by atoms with Gasteiger partial charge in [-0.2, -0.15) is 0 Å². The van der Waals surface area contributed by atoms with Gasteiger partial charge >= 0.3 is 0 Å². The minimum atomic E-state index is -0.0108. The molecular weight excluding hydrogens is 338 g/mol. The number of carbonyl (C=O) groups excluding carboxylic acids is 1. The van der Waals surface area contributed by atoms with Gasteiger partial charge in [-0.1, -0.05) is 17.7 Å². The fraction of sp³-hybridized carbons (Fsp3) is 0.263. The first-order valence-corrected chi connectivity index (χ1v) is 8.67. The standard InChI is InChI=1S/C19H18ClN3O2/c20-14-4-8-17(9-5-14)25-13-19(24)23(15-6-7-15)12-16-11-21-18-3-1-2-10-22(16)18/h1-5,8-11,15H,6-7,12-13H2. The molecule has 0 atom stereocenters. The highest BCUT2D eigenvalue weighted by molar-refractivity contribution is 6.30. The number of carbonyl (C=O) groups is 1. The summed E-state index contributed by atoms with van der Waals surface area (Å²) in [5, 5.41) is 0.644. The highest BCUT2D eigenvalue weighted by Gasteiger charge is 2.33. The zero-order chi connectivity index (χ0) is 17.2. The molecule has 1 aromatic carbocycles. The Morgan fingerprint density at radius 3 is 2.80 bits per heavy atom. The molecule has 0 N–H and O–H groups in total. The number of nitrogens with zero attached hydrogens (tertiary/aromatic N) is 3. The normalized spacial score (nSPS) is 13.8. The number of fused-ring (bicyclic) bond motifs is 1. The molecule has 1 aliphatic rings. The first kappa shape index (κ1) is 16.0. The van der Waals surface area contributed by atoms with E-state index in [1.807, 2.05) is 39.9 Å². The predicted molar refractivity (Wildman–Crippen MR) is 95.7 cm³/mol. The Labute approximate surface area is 150 Å². The fourth-order valence-corrected chi connectivity index (χ4v) is 2.97. The Morgan fingerprint density at radius 1 is 1.24 bits per heavy atom. The maximum Gasteiger partial charge on any atom is 0.261 e. The van der Waals surface area contributed by atoms with Crippen LogP contribution in [-0.4, -0.2) is 32.8 Å². The molecule has 128 valence electrons. The molecule has 1 saturated carbocycles. The molecule has 0 aliphatic heterocycles. The molecular formula is C19H18ClN3O2. The van der Waals surface area contributed by atoms with E-state index < -0.39 is 0 Å². The Kier molecular flexibility index (Phi) is 4.32. The van der Waals surface area contributed by atoms with E-state index >= 15 is 0 Å².